The molecule has 11 unspecified atom stereocenters. The number of rotatable bonds is 58. The van der Waals surface area contributed by atoms with Crippen LogP contribution in [0.4, 0.5) is 0 Å². The van der Waals surface area contributed by atoms with Crippen molar-refractivity contribution < 1.29 is 69.0 Å². The van der Waals surface area contributed by atoms with Crippen LogP contribution in [0, 0.1) is 0 Å². The molecule has 0 spiro atoms. The van der Waals surface area contributed by atoms with Gasteiger partial charge in [0.2, 0.25) is 0 Å². The smallest absolute Gasteiger partial charge is 0.306 e. The van der Waals surface area contributed by atoms with E-state index in [4.69, 9.17) is 28.4 Å². The Labute approximate surface area is 517 Å². The molecule has 14 heteroatoms. The van der Waals surface area contributed by atoms with E-state index >= 15 is 0 Å². The second-order valence-corrected chi connectivity index (χ2v) is 24.3. The van der Waals surface area contributed by atoms with E-state index in [0.717, 1.165) is 77.0 Å². The lowest BCUT2D eigenvalue weighted by Gasteiger charge is -2.42. The van der Waals surface area contributed by atoms with Crippen LogP contribution in [0.5, 0.6) is 0 Å². The monoisotopic (exact) mass is 1200 g/mol. The molecule has 85 heavy (non-hydrogen) atoms. The summed E-state index contributed by atoms with van der Waals surface area (Å²) in [5.74, 6) is -0.378. The summed E-state index contributed by atoms with van der Waals surface area (Å²) in [6, 6.07) is 0. The van der Waals surface area contributed by atoms with Crippen molar-refractivity contribution in [2.75, 3.05) is 33.0 Å². The third-order valence-corrected chi connectivity index (χ3v) is 16.5. The average Bonchev–Trinajstić information content (AvgIpc) is 3.68. The molecule has 2 rings (SSSR count). The lowest BCUT2D eigenvalue weighted by molar-refractivity contribution is -0.332. The molecule has 0 aliphatic carbocycles. The predicted molar refractivity (Wildman–Crippen MR) is 344 cm³/mol. The Morgan fingerprint density at radius 3 is 1.20 bits per heavy atom. The van der Waals surface area contributed by atoms with Gasteiger partial charge < -0.3 is 64.2 Å². The molecule has 0 saturated carbocycles. The molecule has 14 nitrogen and oxygen atoms in total. The summed E-state index contributed by atoms with van der Waals surface area (Å²) in [4.78, 5) is 13.2. The van der Waals surface area contributed by atoms with Crippen molar-refractivity contribution in [3.05, 3.63) is 60.8 Å². The lowest BCUT2D eigenvalue weighted by atomic mass is 9.98. The number of carbonyl (C=O) groups is 1. The van der Waals surface area contributed by atoms with Gasteiger partial charge in [-0.2, -0.15) is 0 Å². The van der Waals surface area contributed by atoms with E-state index in [1.165, 1.54) is 180 Å². The largest absolute Gasteiger partial charge is 0.457 e. The van der Waals surface area contributed by atoms with Gasteiger partial charge in [-0.05, 0) is 57.8 Å². The van der Waals surface area contributed by atoms with Crippen LogP contribution in [0.3, 0.4) is 0 Å². The summed E-state index contributed by atoms with van der Waals surface area (Å²) in [6.07, 6.45) is 57.2. The first-order valence-corrected chi connectivity index (χ1v) is 34.9. The van der Waals surface area contributed by atoms with Crippen LogP contribution in [0.25, 0.3) is 0 Å². The highest BCUT2D eigenvalue weighted by molar-refractivity contribution is 5.69. The van der Waals surface area contributed by atoms with Crippen molar-refractivity contribution in [3.8, 4) is 0 Å². The quantitative estimate of drug-likeness (QED) is 0.0171. The molecule has 2 fully saturated rings. The first-order valence-electron chi connectivity index (χ1n) is 34.9. The van der Waals surface area contributed by atoms with Gasteiger partial charge in [0.1, 0.15) is 54.9 Å². The molecule has 7 N–H and O–H groups in total. The van der Waals surface area contributed by atoms with E-state index in [1.54, 1.807) is 0 Å². The molecular weight excluding hydrogens is 1080 g/mol. The predicted octanol–water partition coefficient (Wildman–Crippen LogP) is 14.8. The van der Waals surface area contributed by atoms with Gasteiger partial charge in [0.15, 0.2) is 12.6 Å². The zero-order valence-electron chi connectivity index (χ0n) is 53.8. The number of hydrogen-bond donors (Lipinski definition) is 7. The Kier molecular flexibility index (Phi) is 52.7. The highest BCUT2D eigenvalue weighted by atomic mass is 16.7. The van der Waals surface area contributed by atoms with Crippen molar-refractivity contribution in [2.24, 2.45) is 0 Å². The minimum Gasteiger partial charge on any atom is -0.457 e. The molecule has 11 atom stereocenters. The average molecular weight is 1210 g/mol. The summed E-state index contributed by atoms with van der Waals surface area (Å²) in [7, 11) is 0. The number of aliphatic hydroxyl groups is 7. The van der Waals surface area contributed by atoms with Gasteiger partial charge in [-0.15, -0.1) is 0 Å². The molecule has 0 aromatic rings. The van der Waals surface area contributed by atoms with Gasteiger partial charge in [0, 0.05) is 13.0 Å². The standard InChI is InChI=1S/C71H128O14/c1-3-5-7-9-11-13-15-17-19-21-23-25-27-29-31-33-35-37-39-41-43-45-47-49-51-53-55-80-57-60(58-81-70-69(79)67(77)65(75)62(85-70)59-82-71-68(78)66(76)64(74)61(56-72)84-71)83-63(73)54-52-50-48-46-44-42-40-38-36-34-32-30-28-26-24-22-20-18-16-14-12-10-8-6-4-2/h6,8,12,14,18,20,24,26,30,32,60-62,64-72,74-79H,3-5,7,9-11,13,15-17,19,21-23,25,27-29,31,33-59H2,1-2H3/b8-6-,14-12-,20-18-,26-24-,32-30-. The van der Waals surface area contributed by atoms with E-state index in [0.29, 0.717) is 13.0 Å². The summed E-state index contributed by atoms with van der Waals surface area (Å²) in [5.41, 5.74) is 0. The second kappa shape index (κ2) is 56.9. The number of ether oxygens (including phenoxy) is 6. The van der Waals surface area contributed by atoms with Crippen molar-refractivity contribution in [1.82, 2.24) is 0 Å². The highest BCUT2D eigenvalue weighted by Gasteiger charge is 2.47. The van der Waals surface area contributed by atoms with E-state index < -0.39 is 80.7 Å². The van der Waals surface area contributed by atoms with Crippen molar-refractivity contribution in [1.29, 1.82) is 0 Å². The second-order valence-electron chi connectivity index (χ2n) is 24.3. The maximum Gasteiger partial charge on any atom is 0.306 e. The first kappa shape index (κ1) is 78.8. The van der Waals surface area contributed by atoms with Crippen LogP contribution in [-0.4, -0.2) is 142 Å². The fraction of sp³-hybridized carbons (Fsp3) is 0.845. The van der Waals surface area contributed by atoms with E-state index in [1.807, 2.05) is 0 Å². The molecular formula is C71H128O14. The lowest BCUT2D eigenvalue weighted by Crippen LogP contribution is -2.61. The zero-order chi connectivity index (χ0) is 61.5. The minimum absolute atomic E-state index is 0.0607. The van der Waals surface area contributed by atoms with E-state index in [-0.39, 0.29) is 25.6 Å². The molecule has 2 heterocycles. The highest BCUT2D eigenvalue weighted by Crippen LogP contribution is 2.27. The fourth-order valence-electron chi connectivity index (χ4n) is 11.0. The molecule has 0 aromatic heterocycles. The Bertz CT molecular complexity index is 1640. The molecule has 0 radical (unpaired) electrons. The van der Waals surface area contributed by atoms with Gasteiger partial charge in [-0.25, -0.2) is 0 Å². The Balaban J connectivity index is 1.64. The van der Waals surface area contributed by atoms with Gasteiger partial charge in [0.05, 0.1) is 26.4 Å². The van der Waals surface area contributed by atoms with Crippen LogP contribution in [-0.2, 0) is 33.2 Å². The maximum absolute atomic E-state index is 13.2. The fourth-order valence-corrected chi connectivity index (χ4v) is 11.0. The summed E-state index contributed by atoms with van der Waals surface area (Å²) >= 11 is 0. The molecule has 2 aliphatic heterocycles. The Morgan fingerprint density at radius 1 is 0.400 bits per heavy atom. The number of hydrogen-bond acceptors (Lipinski definition) is 14. The minimum atomic E-state index is -1.71. The Morgan fingerprint density at radius 2 is 0.765 bits per heavy atom. The number of unbranched alkanes of at least 4 members (excludes halogenated alkanes) is 34. The number of carbonyl (C=O) groups excluding carboxylic acids is 1. The van der Waals surface area contributed by atoms with Crippen molar-refractivity contribution in [3.63, 3.8) is 0 Å². The van der Waals surface area contributed by atoms with Gasteiger partial charge in [0.25, 0.3) is 0 Å². The first-order chi connectivity index (χ1) is 41.6. The summed E-state index contributed by atoms with van der Waals surface area (Å²) in [5, 5.41) is 72.6. The number of allylic oxidation sites excluding steroid dienone is 10. The molecule has 0 bridgehead atoms. The molecule has 2 saturated heterocycles. The molecule has 0 aromatic carbocycles. The molecule has 2 aliphatic rings. The van der Waals surface area contributed by atoms with Crippen LogP contribution in [0.1, 0.15) is 284 Å². The molecule has 496 valence electrons. The third-order valence-electron chi connectivity index (χ3n) is 16.5. The van der Waals surface area contributed by atoms with Crippen molar-refractivity contribution in [2.45, 2.75) is 351 Å². The van der Waals surface area contributed by atoms with Crippen LogP contribution >= 0.6 is 0 Å². The molecule has 0 amide bonds. The number of esters is 1. The number of aliphatic hydroxyl groups excluding tert-OH is 7. The normalized spacial score (nSPS) is 23.5. The summed E-state index contributed by atoms with van der Waals surface area (Å²) in [6.45, 7) is 3.63. The van der Waals surface area contributed by atoms with E-state index in [2.05, 4.69) is 74.6 Å². The summed E-state index contributed by atoms with van der Waals surface area (Å²) < 4.78 is 34.6. The maximum atomic E-state index is 13.2. The van der Waals surface area contributed by atoms with Crippen LogP contribution < -0.4 is 0 Å². The third kappa shape index (κ3) is 42.3. The van der Waals surface area contributed by atoms with Gasteiger partial charge in [-0.3, -0.25) is 4.79 Å². The van der Waals surface area contributed by atoms with Gasteiger partial charge >= 0.3 is 5.97 Å². The van der Waals surface area contributed by atoms with E-state index in [9.17, 15) is 40.5 Å². The topological polar surface area (TPSA) is 214 Å². The van der Waals surface area contributed by atoms with Crippen LogP contribution in [0.2, 0.25) is 0 Å². The van der Waals surface area contributed by atoms with Crippen LogP contribution in [0.15, 0.2) is 60.8 Å². The SMILES string of the molecule is CC/C=C\C/C=C\C/C=C\C/C=C\C/C=C\CCCCCCCCCCCC(=O)OC(COCCCCCCCCCCCCCCCCCCCCCCCCCCCC)COC1OC(COC2OC(CO)C(O)C(O)C2O)C(O)C(O)C1O. The van der Waals surface area contributed by atoms with Crippen molar-refractivity contribution >= 4 is 5.97 Å². The zero-order valence-corrected chi connectivity index (χ0v) is 53.8. The Hall–Kier alpha value is -2.31. The van der Waals surface area contributed by atoms with Gasteiger partial charge in [-0.1, -0.05) is 280 Å².